The van der Waals surface area contributed by atoms with E-state index < -0.39 is 110 Å². The van der Waals surface area contributed by atoms with E-state index in [-0.39, 0.29) is 44.2 Å². The van der Waals surface area contributed by atoms with E-state index in [9.17, 15) is 68.0 Å². The van der Waals surface area contributed by atoms with Crippen LogP contribution in [0.4, 0.5) is 25.4 Å². The van der Waals surface area contributed by atoms with Crippen LogP contribution in [0.5, 0.6) is 0 Å². The molecule has 3 rings (SSSR count). The van der Waals surface area contributed by atoms with Gasteiger partial charge in [0.25, 0.3) is 5.91 Å². The molecular formula is C39H48FN9O15. The van der Waals surface area contributed by atoms with Gasteiger partial charge in [0.05, 0.1) is 24.3 Å². The van der Waals surface area contributed by atoms with Crippen molar-refractivity contribution in [2.45, 2.75) is 88.4 Å². The number of hydrogen-bond acceptors (Lipinski definition) is 12. The fourth-order valence-electron chi connectivity index (χ4n) is 5.86. The topological polar surface area (TPSA) is 378 Å². The lowest BCUT2D eigenvalue weighted by molar-refractivity contribution is -0.142. The average molecular weight is 902 g/mol. The van der Waals surface area contributed by atoms with Crippen molar-refractivity contribution in [2.24, 2.45) is 0 Å². The van der Waals surface area contributed by atoms with Crippen molar-refractivity contribution in [1.82, 2.24) is 41.6 Å². The number of aryl methyl sites for hydroxylation is 1. The molecule has 346 valence electrons. The van der Waals surface area contributed by atoms with Gasteiger partial charge in [0.2, 0.25) is 0 Å². The number of carbonyl (C=O) groups excluding carboxylic acids is 3. The van der Waals surface area contributed by atoms with Crippen LogP contribution in [-0.4, -0.2) is 137 Å². The van der Waals surface area contributed by atoms with E-state index in [1.54, 1.807) is 36.5 Å². The zero-order valence-corrected chi connectivity index (χ0v) is 34.0. The van der Waals surface area contributed by atoms with E-state index >= 15 is 0 Å². The van der Waals surface area contributed by atoms with Gasteiger partial charge >= 0.3 is 47.9 Å². The molecule has 0 fully saturated rings. The molecule has 0 aliphatic rings. The molecule has 25 heteroatoms. The molecule has 1 heterocycles. The van der Waals surface area contributed by atoms with Gasteiger partial charge in [0.1, 0.15) is 24.2 Å². The molecule has 0 aliphatic carbocycles. The van der Waals surface area contributed by atoms with E-state index in [2.05, 4.69) is 36.9 Å². The number of nitrogens with zero attached hydrogens (tertiary/aromatic N) is 3. The molecule has 1 aromatic heterocycles. The molecule has 64 heavy (non-hydrogen) atoms. The number of benzene rings is 2. The predicted octanol–water partition coefficient (Wildman–Crippen LogP) is 1.50. The number of carboxylic acids is 6. The van der Waals surface area contributed by atoms with E-state index in [0.717, 1.165) is 0 Å². The van der Waals surface area contributed by atoms with E-state index in [1.807, 2.05) is 5.32 Å². The number of urea groups is 2. The Kier molecular flexibility index (Phi) is 19.9. The number of carboxylic acid groups (broad SMARTS) is 6. The molecule has 5 amide bonds. The van der Waals surface area contributed by atoms with E-state index in [1.165, 1.54) is 16.8 Å². The Hall–Kier alpha value is -7.86. The molecule has 0 saturated carbocycles. The third-order valence-electron chi connectivity index (χ3n) is 9.15. The normalized spacial score (nSPS) is 12.6. The lowest BCUT2D eigenvalue weighted by atomic mass is 10.1. The molecule has 0 spiro atoms. The quantitative estimate of drug-likeness (QED) is 0.0459. The fraction of sp³-hybridized carbons (Fsp3) is 0.410. The molecular weight excluding hydrogens is 853 g/mol. The number of amides is 5. The summed E-state index contributed by atoms with van der Waals surface area (Å²) < 4.78 is 14.2. The first-order valence-electron chi connectivity index (χ1n) is 19.6. The van der Waals surface area contributed by atoms with Crippen LogP contribution in [-0.2, 0) is 41.6 Å². The fourth-order valence-corrected chi connectivity index (χ4v) is 5.86. The Morgan fingerprint density at radius 1 is 0.625 bits per heavy atom. The van der Waals surface area contributed by atoms with Gasteiger partial charge < -0.3 is 62.5 Å². The summed E-state index contributed by atoms with van der Waals surface area (Å²) in [5.41, 5.74) is 2.34. The predicted molar refractivity (Wildman–Crippen MR) is 218 cm³/mol. The standard InChI is InChI=1S/C39H48FN9O15/c40-14-3-4-24-20-49(48-47-24)26-18-22(33(54)41-15-2-1-5-27(34(55)56)43-38(63)44-28(35(57)58)10-12-31(50)51)17-25(19-26)42-23-8-6-21(7-9-23)16-30(37(61)62)46-39(64)45-29(36(59)60)11-13-32(52)53/h6-9,17-20,27-30,42H,1-5,10-16H2,(H,41,54)(H,50,51)(H,52,53)(H,55,56)(H,57,58)(H,59,60)(H,61,62)(H2,43,44,63)(H2,45,46,64)/t27-,28-,29-,30-/m0/s1. The molecule has 2 aromatic carbocycles. The number of carbonyl (C=O) groups is 9. The minimum absolute atomic E-state index is 0.0670. The number of nitrogens with one attached hydrogen (secondary N) is 6. The van der Waals surface area contributed by atoms with Gasteiger partial charge in [-0.05, 0) is 80.8 Å². The van der Waals surface area contributed by atoms with Gasteiger partial charge in [-0.3, -0.25) is 18.8 Å². The van der Waals surface area contributed by atoms with Crippen molar-refractivity contribution < 1.29 is 78.2 Å². The Bertz CT molecular complexity index is 2150. The second-order valence-corrected chi connectivity index (χ2v) is 14.2. The van der Waals surface area contributed by atoms with Crippen molar-refractivity contribution in [3.05, 3.63) is 65.5 Å². The average Bonchev–Trinajstić information content (AvgIpc) is 3.71. The van der Waals surface area contributed by atoms with Crippen LogP contribution in [0.1, 0.15) is 73.0 Å². The van der Waals surface area contributed by atoms with Crippen molar-refractivity contribution >= 4 is 65.2 Å². The summed E-state index contributed by atoms with van der Waals surface area (Å²) in [5, 5.41) is 78.0. The van der Waals surface area contributed by atoms with Crippen molar-refractivity contribution in [1.29, 1.82) is 0 Å². The van der Waals surface area contributed by atoms with Crippen molar-refractivity contribution in [3.63, 3.8) is 0 Å². The van der Waals surface area contributed by atoms with Gasteiger partial charge in [0.15, 0.2) is 0 Å². The number of alkyl halides is 1. The minimum Gasteiger partial charge on any atom is -0.481 e. The second-order valence-electron chi connectivity index (χ2n) is 14.2. The summed E-state index contributed by atoms with van der Waals surface area (Å²) in [5.74, 6) is -8.94. The summed E-state index contributed by atoms with van der Waals surface area (Å²) in [7, 11) is 0. The van der Waals surface area contributed by atoms with Gasteiger partial charge in [-0.15, -0.1) is 5.10 Å². The Labute approximate surface area is 362 Å². The maximum Gasteiger partial charge on any atom is 0.326 e. The van der Waals surface area contributed by atoms with Crippen LogP contribution in [0, 0.1) is 0 Å². The highest BCUT2D eigenvalue weighted by Gasteiger charge is 2.27. The lowest BCUT2D eigenvalue weighted by Crippen LogP contribution is -2.51. The van der Waals surface area contributed by atoms with E-state index in [4.69, 9.17) is 10.2 Å². The first-order valence-corrected chi connectivity index (χ1v) is 19.6. The summed E-state index contributed by atoms with van der Waals surface area (Å²) in [6.07, 6.45) is 0.277. The van der Waals surface area contributed by atoms with Crippen LogP contribution in [0.2, 0.25) is 0 Å². The number of anilines is 2. The van der Waals surface area contributed by atoms with Crippen LogP contribution in [0.3, 0.4) is 0 Å². The highest BCUT2D eigenvalue weighted by Crippen LogP contribution is 2.23. The largest absolute Gasteiger partial charge is 0.481 e. The highest BCUT2D eigenvalue weighted by atomic mass is 19.1. The second kappa shape index (κ2) is 25.2. The number of aromatic nitrogens is 3. The van der Waals surface area contributed by atoms with Crippen molar-refractivity contribution in [3.8, 4) is 5.69 Å². The van der Waals surface area contributed by atoms with Crippen LogP contribution in [0.15, 0.2) is 48.7 Å². The minimum atomic E-state index is -1.58. The number of hydrogen-bond donors (Lipinski definition) is 12. The van der Waals surface area contributed by atoms with E-state index in [0.29, 0.717) is 34.7 Å². The highest BCUT2D eigenvalue weighted by molar-refractivity contribution is 5.96. The summed E-state index contributed by atoms with van der Waals surface area (Å²) >= 11 is 0. The summed E-state index contributed by atoms with van der Waals surface area (Å²) in [6, 6.07) is 2.65. The molecule has 24 nitrogen and oxygen atoms in total. The summed E-state index contributed by atoms with van der Waals surface area (Å²) in [4.78, 5) is 106. The monoisotopic (exact) mass is 901 g/mol. The Morgan fingerprint density at radius 3 is 1.67 bits per heavy atom. The smallest absolute Gasteiger partial charge is 0.326 e. The van der Waals surface area contributed by atoms with Crippen LogP contribution < -0.4 is 31.9 Å². The molecule has 0 saturated heterocycles. The maximum absolute atomic E-state index is 13.4. The molecule has 12 N–H and O–H groups in total. The number of unbranched alkanes of at least 4 members (excludes halogenated alkanes) is 1. The van der Waals surface area contributed by atoms with Gasteiger partial charge in [0, 0.05) is 42.7 Å². The van der Waals surface area contributed by atoms with Crippen LogP contribution in [0.25, 0.3) is 5.69 Å². The number of aliphatic carboxylic acids is 6. The molecule has 0 radical (unpaired) electrons. The first-order chi connectivity index (χ1) is 30.3. The lowest BCUT2D eigenvalue weighted by Gasteiger charge is -2.18. The molecule has 0 unspecified atom stereocenters. The van der Waals surface area contributed by atoms with Gasteiger partial charge in [-0.2, -0.15) is 0 Å². The van der Waals surface area contributed by atoms with Crippen LogP contribution >= 0.6 is 0 Å². The molecule has 0 aliphatic heterocycles. The SMILES string of the molecule is O=C(O)CC[C@H](NC(=O)N[C@@H](CCCCNC(=O)c1cc(Nc2ccc(C[C@H](NC(=O)N[C@@H](CCC(=O)O)C(=O)O)C(=O)O)cc2)cc(-n2cc(CCCF)nn2)c1)C(=O)O)C(=O)O. The van der Waals surface area contributed by atoms with Gasteiger partial charge in [-0.1, -0.05) is 17.3 Å². The third kappa shape index (κ3) is 17.6. The zero-order valence-electron chi connectivity index (χ0n) is 34.0. The summed E-state index contributed by atoms with van der Waals surface area (Å²) in [6.45, 7) is -0.495. The first kappa shape index (κ1) is 50.5. The molecule has 0 bridgehead atoms. The number of halogens is 1. The molecule has 3 aromatic rings. The molecule has 4 atom stereocenters. The third-order valence-corrected chi connectivity index (χ3v) is 9.15. The Balaban J connectivity index is 1.69. The maximum atomic E-state index is 13.4. The Morgan fingerprint density at radius 2 is 1.16 bits per heavy atom. The van der Waals surface area contributed by atoms with Gasteiger partial charge in [-0.25, -0.2) is 33.4 Å². The number of rotatable bonds is 28. The zero-order chi connectivity index (χ0) is 47.3. The van der Waals surface area contributed by atoms with Crippen molar-refractivity contribution in [2.75, 3.05) is 18.5 Å².